The minimum Gasteiger partial charge on any atom is -0.495 e. The van der Waals surface area contributed by atoms with Crippen LogP contribution in [-0.4, -0.2) is 45.2 Å². The van der Waals surface area contributed by atoms with Crippen molar-refractivity contribution in [2.24, 2.45) is 0 Å². The molecule has 0 spiro atoms. The smallest absolute Gasteiger partial charge is 0.143 e. The predicted octanol–water partition coefficient (Wildman–Crippen LogP) is 2.06. The highest BCUT2D eigenvalue weighted by molar-refractivity contribution is 5.62. The van der Waals surface area contributed by atoms with Gasteiger partial charge < -0.3 is 20.3 Å². The van der Waals surface area contributed by atoms with E-state index in [1.165, 1.54) is 5.69 Å². The zero-order valence-corrected chi connectivity index (χ0v) is 11.9. The Kier molecular flexibility index (Phi) is 5.78. The summed E-state index contributed by atoms with van der Waals surface area (Å²) in [6.45, 7) is 8.33. The van der Waals surface area contributed by atoms with Gasteiger partial charge in [-0.15, -0.1) is 0 Å². The van der Waals surface area contributed by atoms with Crippen molar-refractivity contribution < 1.29 is 4.74 Å². The number of methoxy groups -OCH3 is 1. The van der Waals surface area contributed by atoms with E-state index in [1.54, 1.807) is 7.11 Å². The number of hydrogen-bond donors (Lipinski definition) is 1. The molecule has 0 amide bonds. The lowest BCUT2D eigenvalue weighted by molar-refractivity contribution is 0.312. The summed E-state index contributed by atoms with van der Waals surface area (Å²) in [7, 11) is 3.81. The molecular formula is C14H25N3O. The first-order chi connectivity index (χ1) is 8.70. The number of ether oxygens (including phenoxy) is 1. The summed E-state index contributed by atoms with van der Waals surface area (Å²) >= 11 is 0. The van der Waals surface area contributed by atoms with E-state index in [9.17, 15) is 0 Å². The number of nitrogens with zero attached hydrogens (tertiary/aromatic N) is 2. The zero-order chi connectivity index (χ0) is 13.5. The van der Waals surface area contributed by atoms with E-state index >= 15 is 0 Å². The van der Waals surface area contributed by atoms with Crippen molar-refractivity contribution in [3.8, 4) is 5.75 Å². The van der Waals surface area contributed by atoms with Crippen molar-refractivity contribution in [3.05, 3.63) is 18.2 Å². The third-order valence-electron chi connectivity index (χ3n) is 3.09. The fraction of sp³-hybridized carbons (Fsp3) is 0.571. The van der Waals surface area contributed by atoms with Gasteiger partial charge in [-0.1, -0.05) is 13.8 Å². The van der Waals surface area contributed by atoms with Gasteiger partial charge in [-0.05, 0) is 19.2 Å². The molecule has 102 valence electrons. The van der Waals surface area contributed by atoms with E-state index in [-0.39, 0.29) is 0 Å². The van der Waals surface area contributed by atoms with Crippen LogP contribution in [0.25, 0.3) is 0 Å². The summed E-state index contributed by atoms with van der Waals surface area (Å²) in [6, 6.07) is 5.98. The van der Waals surface area contributed by atoms with Crippen LogP contribution in [0, 0.1) is 0 Å². The summed E-state index contributed by atoms with van der Waals surface area (Å²) in [5, 5.41) is 0. The molecule has 1 aromatic rings. The van der Waals surface area contributed by atoms with E-state index in [1.807, 2.05) is 26.0 Å². The fourth-order valence-corrected chi connectivity index (χ4v) is 1.96. The Morgan fingerprint density at radius 2 is 1.72 bits per heavy atom. The maximum atomic E-state index is 5.80. The molecule has 4 nitrogen and oxygen atoms in total. The van der Waals surface area contributed by atoms with Crippen LogP contribution in [0.4, 0.5) is 11.4 Å². The van der Waals surface area contributed by atoms with Crippen molar-refractivity contribution in [3.63, 3.8) is 0 Å². The Labute approximate surface area is 110 Å². The molecule has 1 aliphatic heterocycles. The van der Waals surface area contributed by atoms with Crippen LogP contribution in [-0.2, 0) is 0 Å². The van der Waals surface area contributed by atoms with Crippen molar-refractivity contribution in [1.29, 1.82) is 0 Å². The highest BCUT2D eigenvalue weighted by Crippen LogP contribution is 2.27. The van der Waals surface area contributed by atoms with Gasteiger partial charge in [-0.25, -0.2) is 0 Å². The lowest BCUT2D eigenvalue weighted by Gasteiger charge is -2.34. The van der Waals surface area contributed by atoms with Crippen molar-refractivity contribution in [2.45, 2.75) is 13.8 Å². The first-order valence-corrected chi connectivity index (χ1v) is 6.57. The Bertz CT molecular complexity index is 360. The van der Waals surface area contributed by atoms with Crippen LogP contribution in [0.5, 0.6) is 5.75 Å². The predicted molar refractivity (Wildman–Crippen MR) is 78.5 cm³/mol. The Morgan fingerprint density at radius 1 is 1.11 bits per heavy atom. The van der Waals surface area contributed by atoms with Gasteiger partial charge in [0.05, 0.1) is 12.8 Å². The Morgan fingerprint density at radius 3 is 2.28 bits per heavy atom. The standard InChI is InChI=1S/C12H19N3O.C2H6/c1-14-5-7-15(8-6-14)10-3-4-11(13)12(9-10)16-2;1-2/h3-4,9H,5-8,13H2,1-2H3;1-2H3. The molecule has 1 saturated heterocycles. The van der Waals surface area contributed by atoms with Crippen LogP contribution < -0.4 is 15.4 Å². The minimum atomic E-state index is 0.695. The summed E-state index contributed by atoms with van der Waals surface area (Å²) in [4.78, 5) is 4.70. The molecule has 1 aliphatic rings. The van der Waals surface area contributed by atoms with E-state index in [2.05, 4.69) is 22.9 Å². The average molecular weight is 251 g/mol. The zero-order valence-electron chi connectivity index (χ0n) is 11.9. The Hall–Kier alpha value is -1.42. The number of hydrogen-bond acceptors (Lipinski definition) is 4. The van der Waals surface area contributed by atoms with Gasteiger partial charge in [0.15, 0.2) is 0 Å². The van der Waals surface area contributed by atoms with Crippen LogP contribution in [0.2, 0.25) is 0 Å². The van der Waals surface area contributed by atoms with Crippen LogP contribution in [0.15, 0.2) is 18.2 Å². The number of benzene rings is 1. The first-order valence-electron chi connectivity index (χ1n) is 6.57. The average Bonchev–Trinajstić information content (AvgIpc) is 2.43. The number of likely N-dealkylation sites (N-methyl/N-ethyl adjacent to an activating group) is 1. The van der Waals surface area contributed by atoms with Gasteiger partial charge in [0.1, 0.15) is 5.75 Å². The normalized spacial score (nSPS) is 15.9. The van der Waals surface area contributed by atoms with Crippen LogP contribution in [0.1, 0.15) is 13.8 Å². The van der Waals surface area contributed by atoms with Gasteiger partial charge in [0.25, 0.3) is 0 Å². The number of piperazine rings is 1. The second-order valence-electron chi connectivity index (χ2n) is 4.22. The largest absolute Gasteiger partial charge is 0.495 e. The quantitative estimate of drug-likeness (QED) is 0.817. The number of nitrogens with two attached hydrogens (primary N) is 1. The molecule has 0 aliphatic carbocycles. The maximum Gasteiger partial charge on any atom is 0.143 e. The van der Waals surface area contributed by atoms with Crippen molar-refractivity contribution in [1.82, 2.24) is 4.90 Å². The number of nitrogen functional groups attached to an aromatic ring is 1. The SMILES string of the molecule is CC.COc1cc(N2CCN(C)CC2)ccc1N. The summed E-state index contributed by atoms with van der Waals surface area (Å²) in [5.74, 6) is 0.761. The molecule has 4 heteroatoms. The molecule has 2 rings (SSSR count). The summed E-state index contributed by atoms with van der Waals surface area (Å²) < 4.78 is 5.24. The van der Waals surface area contributed by atoms with Gasteiger partial charge in [-0.3, -0.25) is 0 Å². The third kappa shape index (κ3) is 3.53. The summed E-state index contributed by atoms with van der Waals surface area (Å²) in [5.41, 5.74) is 7.69. The molecule has 1 fully saturated rings. The molecule has 18 heavy (non-hydrogen) atoms. The highest BCUT2D eigenvalue weighted by Gasteiger charge is 2.15. The maximum absolute atomic E-state index is 5.80. The molecule has 0 aromatic heterocycles. The van der Waals surface area contributed by atoms with Crippen molar-refractivity contribution >= 4 is 11.4 Å². The molecule has 0 radical (unpaired) electrons. The Balaban J connectivity index is 0.000000771. The van der Waals surface area contributed by atoms with E-state index in [4.69, 9.17) is 10.5 Å². The number of rotatable bonds is 2. The van der Waals surface area contributed by atoms with Crippen LogP contribution >= 0.6 is 0 Å². The third-order valence-corrected chi connectivity index (χ3v) is 3.09. The first kappa shape index (κ1) is 14.6. The van der Waals surface area contributed by atoms with Gasteiger partial charge in [-0.2, -0.15) is 0 Å². The molecule has 0 saturated carbocycles. The molecule has 0 atom stereocenters. The fourth-order valence-electron chi connectivity index (χ4n) is 1.96. The second kappa shape index (κ2) is 7.11. The van der Waals surface area contributed by atoms with Gasteiger partial charge in [0.2, 0.25) is 0 Å². The molecule has 2 N–H and O–H groups in total. The summed E-state index contributed by atoms with van der Waals surface area (Å²) in [6.07, 6.45) is 0. The lowest BCUT2D eigenvalue weighted by Crippen LogP contribution is -2.44. The second-order valence-corrected chi connectivity index (χ2v) is 4.22. The minimum absolute atomic E-state index is 0.695. The number of anilines is 2. The molecule has 1 heterocycles. The monoisotopic (exact) mass is 251 g/mol. The van der Waals surface area contributed by atoms with E-state index in [0.717, 1.165) is 31.9 Å². The molecule has 1 aromatic carbocycles. The molecular weight excluding hydrogens is 226 g/mol. The molecule has 0 bridgehead atoms. The van der Waals surface area contributed by atoms with Gasteiger partial charge >= 0.3 is 0 Å². The van der Waals surface area contributed by atoms with E-state index in [0.29, 0.717) is 5.69 Å². The van der Waals surface area contributed by atoms with Gasteiger partial charge in [0, 0.05) is 37.9 Å². The lowest BCUT2D eigenvalue weighted by atomic mass is 10.2. The van der Waals surface area contributed by atoms with E-state index < -0.39 is 0 Å². The van der Waals surface area contributed by atoms with Crippen molar-refractivity contribution in [2.75, 3.05) is 51.0 Å². The van der Waals surface area contributed by atoms with Crippen LogP contribution in [0.3, 0.4) is 0 Å². The topological polar surface area (TPSA) is 41.7 Å². The highest BCUT2D eigenvalue weighted by atomic mass is 16.5. The molecule has 0 unspecified atom stereocenters.